The molecule has 0 atom stereocenters. The number of hydrogen-bond donors (Lipinski definition) is 1. The van der Waals surface area contributed by atoms with Crippen LogP contribution in [0.4, 0.5) is 0 Å². The van der Waals surface area contributed by atoms with Gasteiger partial charge in [0.1, 0.15) is 0 Å². The Morgan fingerprint density at radius 3 is 2.94 bits per heavy atom. The predicted molar refractivity (Wildman–Crippen MR) is 72.3 cm³/mol. The topological polar surface area (TPSA) is 36.4 Å². The third kappa shape index (κ3) is 3.49. The Kier molecular flexibility index (Phi) is 3.47. The lowest BCUT2D eigenvalue weighted by Gasteiger charge is -2.25. The first kappa shape index (κ1) is 12.5. The van der Waals surface area contributed by atoms with Crippen molar-refractivity contribution in [3.05, 3.63) is 29.3 Å². The number of thiophene rings is 1. The van der Waals surface area contributed by atoms with Crippen LogP contribution >= 0.6 is 11.3 Å². The van der Waals surface area contributed by atoms with E-state index in [1.165, 1.54) is 10.3 Å². The van der Waals surface area contributed by atoms with Gasteiger partial charge in [0.25, 0.3) is 0 Å². The average Bonchev–Trinajstić information content (AvgIpc) is 2.61. The van der Waals surface area contributed by atoms with Gasteiger partial charge in [0.2, 0.25) is 0 Å². The van der Waals surface area contributed by atoms with Crippen molar-refractivity contribution in [1.29, 1.82) is 0 Å². The van der Waals surface area contributed by atoms with Gasteiger partial charge in [-0.15, -0.1) is 11.3 Å². The van der Waals surface area contributed by atoms with E-state index in [9.17, 15) is 5.11 Å². The van der Waals surface area contributed by atoms with E-state index >= 15 is 0 Å². The quantitative estimate of drug-likeness (QED) is 0.905. The first-order chi connectivity index (χ1) is 7.94. The van der Waals surface area contributed by atoms with Crippen LogP contribution in [0.15, 0.2) is 23.7 Å². The maximum absolute atomic E-state index is 9.75. The van der Waals surface area contributed by atoms with Gasteiger partial charge in [-0.05, 0) is 44.0 Å². The molecule has 2 aromatic heterocycles. The van der Waals surface area contributed by atoms with Crippen molar-refractivity contribution in [2.45, 2.75) is 26.0 Å². The summed E-state index contributed by atoms with van der Waals surface area (Å²) in [6.45, 7) is 5.11. The Bertz CT molecular complexity index is 501. The summed E-state index contributed by atoms with van der Waals surface area (Å²) >= 11 is 1.71. The van der Waals surface area contributed by atoms with Crippen LogP contribution in [0.5, 0.6) is 0 Å². The highest BCUT2D eigenvalue weighted by molar-refractivity contribution is 7.17. The lowest BCUT2D eigenvalue weighted by Crippen LogP contribution is -2.35. The van der Waals surface area contributed by atoms with Crippen LogP contribution in [-0.4, -0.2) is 34.2 Å². The molecule has 0 saturated heterocycles. The minimum absolute atomic E-state index is 0.648. The number of fused-ring (bicyclic) bond motifs is 1. The number of rotatable bonds is 4. The van der Waals surface area contributed by atoms with Gasteiger partial charge in [0.15, 0.2) is 0 Å². The molecule has 0 aliphatic heterocycles. The van der Waals surface area contributed by atoms with Crippen LogP contribution in [0, 0.1) is 0 Å². The molecule has 0 aliphatic rings. The normalized spacial score (nSPS) is 12.5. The van der Waals surface area contributed by atoms with Crippen LogP contribution < -0.4 is 0 Å². The lowest BCUT2D eigenvalue weighted by atomic mass is 10.1. The monoisotopic (exact) mass is 250 g/mol. The molecule has 0 aromatic carbocycles. The molecule has 0 fully saturated rings. The highest BCUT2D eigenvalue weighted by Crippen LogP contribution is 2.20. The number of aliphatic hydroxyl groups is 1. The fourth-order valence-electron chi connectivity index (χ4n) is 2.00. The number of aromatic nitrogens is 1. The first-order valence-corrected chi connectivity index (χ1v) is 6.55. The summed E-state index contributed by atoms with van der Waals surface area (Å²) in [7, 11) is 2.01. The Morgan fingerprint density at radius 1 is 1.47 bits per heavy atom. The van der Waals surface area contributed by atoms with Crippen LogP contribution in [0.1, 0.15) is 19.4 Å². The second-order valence-electron chi connectivity index (χ2n) is 5.13. The predicted octanol–water partition coefficient (Wildman–Crippen LogP) is 2.50. The van der Waals surface area contributed by atoms with E-state index in [1.807, 2.05) is 33.2 Å². The zero-order valence-electron chi connectivity index (χ0n) is 10.5. The molecular weight excluding hydrogens is 232 g/mol. The molecule has 0 aliphatic carbocycles. The van der Waals surface area contributed by atoms with Crippen molar-refractivity contribution in [3.8, 4) is 0 Å². The summed E-state index contributed by atoms with van der Waals surface area (Å²) in [5, 5.41) is 11.8. The molecule has 3 nitrogen and oxygen atoms in total. The van der Waals surface area contributed by atoms with Crippen molar-refractivity contribution >= 4 is 21.6 Å². The van der Waals surface area contributed by atoms with E-state index in [4.69, 9.17) is 0 Å². The maximum Gasteiger partial charge on any atom is 0.0809 e. The van der Waals surface area contributed by atoms with E-state index < -0.39 is 5.60 Å². The summed E-state index contributed by atoms with van der Waals surface area (Å²) in [4.78, 5) is 6.52. The van der Waals surface area contributed by atoms with E-state index in [2.05, 4.69) is 21.3 Å². The Morgan fingerprint density at radius 2 is 2.24 bits per heavy atom. The van der Waals surface area contributed by atoms with Crippen molar-refractivity contribution in [1.82, 2.24) is 9.88 Å². The molecule has 0 radical (unpaired) electrons. The van der Waals surface area contributed by atoms with Crippen LogP contribution in [0.25, 0.3) is 10.2 Å². The summed E-state index contributed by atoms with van der Waals surface area (Å²) in [5.41, 5.74) is 1.59. The Balaban J connectivity index is 2.07. The maximum atomic E-state index is 9.75. The Hall–Kier alpha value is -0.970. The van der Waals surface area contributed by atoms with Crippen LogP contribution in [0.2, 0.25) is 0 Å². The minimum Gasteiger partial charge on any atom is -0.389 e. The van der Waals surface area contributed by atoms with Gasteiger partial charge in [-0.3, -0.25) is 9.88 Å². The van der Waals surface area contributed by atoms with Crippen molar-refractivity contribution in [2.24, 2.45) is 0 Å². The van der Waals surface area contributed by atoms with E-state index in [1.54, 1.807) is 11.3 Å². The van der Waals surface area contributed by atoms with Gasteiger partial charge in [0, 0.05) is 19.3 Å². The first-order valence-electron chi connectivity index (χ1n) is 5.67. The number of likely N-dealkylation sites (N-methyl/N-ethyl adjacent to an activating group) is 1. The zero-order valence-corrected chi connectivity index (χ0v) is 11.3. The third-order valence-corrected chi connectivity index (χ3v) is 3.32. The third-order valence-electron chi connectivity index (χ3n) is 2.47. The molecule has 2 rings (SSSR count). The molecule has 4 heteroatoms. The van der Waals surface area contributed by atoms with Crippen LogP contribution in [-0.2, 0) is 6.54 Å². The molecule has 0 unspecified atom stereocenters. The van der Waals surface area contributed by atoms with Gasteiger partial charge in [-0.2, -0.15) is 0 Å². The van der Waals surface area contributed by atoms with Gasteiger partial charge in [-0.25, -0.2) is 0 Å². The number of nitrogens with zero attached hydrogens (tertiary/aromatic N) is 2. The smallest absolute Gasteiger partial charge is 0.0809 e. The minimum atomic E-state index is -0.658. The molecular formula is C13H18N2OS. The summed E-state index contributed by atoms with van der Waals surface area (Å²) in [6, 6.07) is 4.21. The fraction of sp³-hybridized carbons (Fsp3) is 0.462. The van der Waals surface area contributed by atoms with Gasteiger partial charge in [-0.1, -0.05) is 0 Å². The second-order valence-corrected chi connectivity index (χ2v) is 6.08. The zero-order chi connectivity index (χ0) is 12.5. The largest absolute Gasteiger partial charge is 0.389 e. The molecule has 1 N–H and O–H groups in total. The molecule has 92 valence electrons. The standard InChI is InChI=1S/C13H18N2OS/c1-13(2,16)9-15(3)8-10-6-12-11(14-7-10)4-5-17-12/h4-7,16H,8-9H2,1-3H3. The summed E-state index contributed by atoms with van der Waals surface area (Å²) in [5.74, 6) is 0. The number of hydrogen-bond acceptors (Lipinski definition) is 4. The molecule has 2 aromatic rings. The highest BCUT2D eigenvalue weighted by atomic mass is 32.1. The molecule has 17 heavy (non-hydrogen) atoms. The van der Waals surface area contributed by atoms with Crippen LogP contribution in [0.3, 0.4) is 0 Å². The van der Waals surface area contributed by atoms with Gasteiger partial charge >= 0.3 is 0 Å². The second kappa shape index (κ2) is 4.72. The summed E-state index contributed by atoms with van der Waals surface area (Å²) < 4.78 is 1.22. The van der Waals surface area contributed by atoms with Gasteiger partial charge < -0.3 is 5.11 Å². The average molecular weight is 250 g/mol. The molecule has 0 amide bonds. The van der Waals surface area contributed by atoms with E-state index in [0.717, 1.165) is 12.1 Å². The van der Waals surface area contributed by atoms with Gasteiger partial charge in [0.05, 0.1) is 15.8 Å². The number of pyridine rings is 1. The Labute approximate surface area is 106 Å². The van der Waals surface area contributed by atoms with E-state index in [-0.39, 0.29) is 0 Å². The SMILES string of the molecule is CN(Cc1cnc2ccsc2c1)CC(C)(C)O. The lowest BCUT2D eigenvalue weighted by molar-refractivity contribution is 0.0425. The highest BCUT2D eigenvalue weighted by Gasteiger charge is 2.15. The molecule has 0 bridgehead atoms. The van der Waals surface area contributed by atoms with Crippen molar-refractivity contribution in [3.63, 3.8) is 0 Å². The fourth-order valence-corrected chi connectivity index (χ4v) is 2.81. The summed E-state index contributed by atoms with van der Waals surface area (Å²) in [6.07, 6.45) is 1.91. The molecule has 0 saturated carbocycles. The molecule has 2 heterocycles. The molecule has 0 spiro atoms. The van der Waals surface area contributed by atoms with E-state index in [0.29, 0.717) is 6.54 Å². The van der Waals surface area contributed by atoms with Crippen molar-refractivity contribution in [2.75, 3.05) is 13.6 Å². The van der Waals surface area contributed by atoms with Crippen molar-refractivity contribution < 1.29 is 5.11 Å².